The van der Waals surface area contributed by atoms with Crippen molar-refractivity contribution in [2.75, 3.05) is 14.1 Å². The van der Waals surface area contributed by atoms with E-state index in [1.807, 2.05) is 19.8 Å². The predicted octanol–water partition coefficient (Wildman–Crippen LogP) is -3.02. The second-order valence-corrected chi connectivity index (χ2v) is 10.4. The molecule has 2 saturated carbocycles. The van der Waals surface area contributed by atoms with Crippen molar-refractivity contribution >= 4 is 11.8 Å². The van der Waals surface area contributed by atoms with Crippen molar-refractivity contribution in [1.82, 2.24) is 5.69 Å². The van der Waals surface area contributed by atoms with E-state index in [1.54, 1.807) is 0 Å². The van der Waals surface area contributed by atoms with E-state index in [-0.39, 0.29) is 36.6 Å². The van der Waals surface area contributed by atoms with E-state index in [9.17, 15) is 9.59 Å². The molecule has 0 aromatic carbocycles. The average molecular weight is 443 g/mol. The van der Waals surface area contributed by atoms with Crippen LogP contribution in [-0.4, -0.2) is 31.6 Å². The van der Waals surface area contributed by atoms with Gasteiger partial charge in [-0.05, 0) is 0 Å². The maximum Gasteiger partial charge on any atom is -1.00 e. The van der Waals surface area contributed by atoms with Crippen LogP contribution in [0.3, 0.4) is 0 Å². The second-order valence-electron chi connectivity index (χ2n) is 6.56. The summed E-state index contributed by atoms with van der Waals surface area (Å²) in [5.74, 6) is 1.04. The first-order valence-corrected chi connectivity index (χ1v) is 10.6. The molecular weight excluding hydrogens is 414 g/mol. The second kappa shape index (κ2) is 11.9. The first-order valence-electron chi connectivity index (χ1n) is 8.41. The molecule has 2 fully saturated rings. The molecule has 0 unspecified atom stereocenters. The monoisotopic (exact) mass is 440 g/mol. The van der Waals surface area contributed by atoms with Gasteiger partial charge in [-0.3, -0.25) is 0 Å². The summed E-state index contributed by atoms with van der Waals surface area (Å²) in [6.07, 6.45) is 11.5. The molecule has 0 aliphatic heterocycles. The maximum absolute atomic E-state index is 12.5. The van der Waals surface area contributed by atoms with Crippen LogP contribution in [-0.2, 0) is 33.4 Å². The molecule has 23 heavy (non-hydrogen) atoms. The molecule has 2 amide bonds. The van der Waals surface area contributed by atoms with Crippen LogP contribution in [0.2, 0.25) is 0 Å². The molecule has 0 aromatic heterocycles. The minimum Gasteiger partial charge on any atom is -1.00 e. The normalized spacial score (nSPS) is 18.9. The summed E-state index contributed by atoms with van der Waals surface area (Å²) in [4.78, 5) is 24.9. The molecular formula is C16H28Cl2N2O2Zr. The van der Waals surface area contributed by atoms with E-state index in [2.05, 4.69) is 0 Å². The molecule has 0 saturated heterocycles. The molecule has 0 heterocycles. The summed E-state index contributed by atoms with van der Waals surface area (Å²) in [7, 11) is 3.82. The van der Waals surface area contributed by atoms with E-state index >= 15 is 0 Å². The Morgan fingerprint density at radius 2 is 1.00 bits per heavy atom. The van der Waals surface area contributed by atoms with E-state index < -0.39 is 23.8 Å². The third-order valence-corrected chi connectivity index (χ3v) is 7.43. The van der Waals surface area contributed by atoms with Gasteiger partial charge in [-0.25, -0.2) is 0 Å². The van der Waals surface area contributed by atoms with Gasteiger partial charge in [-0.15, -0.1) is 0 Å². The van der Waals surface area contributed by atoms with Gasteiger partial charge in [0, 0.05) is 0 Å². The molecule has 0 aromatic rings. The van der Waals surface area contributed by atoms with Crippen molar-refractivity contribution < 1.29 is 58.2 Å². The molecule has 0 atom stereocenters. The van der Waals surface area contributed by atoms with E-state index in [0.717, 1.165) is 25.7 Å². The van der Waals surface area contributed by atoms with E-state index in [0.29, 0.717) is 11.8 Å². The minimum atomic E-state index is -1.27. The third-order valence-electron chi connectivity index (χ3n) is 4.87. The Bertz CT molecular complexity index is 339. The Hall–Kier alpha value is 0.403. The quantitative estimate of drug-likeness (QED) is 0.465. The van der Waals surface area contributed by atoms with Crippen molar-refractivity contribution in [1.29, 1.82) is 0 Å². The van der Waals surface area contributed by atoms with Gasteiger partial charge in [0.25, 0.3) is 0 Å². The summed E-state index contributed by atoms with van der Waals surface area (Å²) < 4.78 is 3.83. The fourth-order valence-electron chi connectivity index (χ4n) is 3.57. The minimum absolute atomic E-state index is 0. The van der Waals surface area contributed by atoms with Gasteiger partial charge in [-0.2, -0.15) is 0 Å². The van der Waals surface area contributed by atoms with Crippen molar-refractivity contribution in [3.63, 3.8) is 0 Å². The van der Waals surface area contributed by atoms with Gasteiger partial charge >= 0.3 is 141 Å². The molecule has 7 heteroatoms. The Kier molecular flexibility index (Phi) is 12.1. The number of rotatable bonds is 4. The van der Waals surface area contributed by atoms with Gasteiger partial charge in [0.2, 0.25) is 0 Å². The van der Waals surface area contributed by atoms with Crippen molar-refractivity contribution in [3.05, 3.63) is 0 Å². The molecule has 0 bridgehead atoms. The van der Waals surface area contributed by atoms with Crippen LogP contribution in [0.1, 0.15) is 64.2 Å². The fourth-order valence-corrected chi connectivity index (χ4v) is 6.06. The molecule has 0 radical (unpaired) electrons. The zero-order chi connectivity index (χ0) is 15.2. The van der Waals surface area contributed by atoms with Crippen LogP contribution in [0.15, 0.2) is 0 Å². The number of nitrogens with zero attached hydrogens (tertiary/aromatic N) is 2. The third kappa shape index (κ3) is 7.04. The first-order chi connectivity index (χ1) is 10.1. The Morgan fingerprint density at radius 3 is 1.30 bits per heavy atom. The summed E-state index contributed by atoms with van der Waals surface area (Å²) in [6, 6.07) is 0. The summed E-state index contributed by atoms with van der Waals surface area (Å²) in [5, 5.41) is 0. The fraction of sp³-hybridized carbons (Fsp3) is 0.875. The molecule has 2 rings (SSSR count). The van der Waals surface area contributed by atoms with Crippen molar-refractivity contribution in [2.45, 2.75) is 64.2 Å². The summed E-state index contributed by atoms with van der Waals surface area (Å²) in [6.45, 7) is 0. The van der Waals surface area contributed by atoms with Crippen LogP contribution in [0.4, 0.5) is 0 Å². The largest absolute Gasteiger partial charge is 1.00 e. The van der Waals surface area contributed by atoms with Crippen LogP contribution in [0, 0.1) is 11.8 Å². The van der Waals surface area contributed by atoms with Crippen LogP contribution in [0.5, 0.6) is 0 Å². The zero-order valence-electron chi connectivity index (χ0n) is 14.2. The average Bonchev–Trinajstić information content (AvgIpc) is 2.55. The number of hydrogen-bond donors (Lipinski definition) is 0. The standard InChI is InChI=1S/2C8H15NO.2ClH.Zr/c2*1-9-8(10)7-5-3-2-4-6-7;;;/h2*7H,2-6H2,1H3,(H,9,10);2*1H;/q;;;;+4/p-4. The summed E-state index contributed by atoms with van der Waals surface area (Å²) >= 11 is -1.27. The number of hydrogen-bond acceptors (Lipinski definition) is 2. The Labute approximate surface area is 165 Å². The first kappa shape index (κ1) is 23.4. The smallest absolute Gasteiger partial charge is 1.00 e. The number of carbonyl (C=O) groups excluding carboxylic acids is 2. The van der Waals surface area contributed by atoms with Gasteiger partial charge in [-0.1, -0.05) is 0 Å². The Balaban J connectivity index is 0.00000242. The maximum atomic E-state index is 12.5. The van der Waals surface area contributed by atoms with Crippen molar-refractivity contribution in [3.8, 4) is 0 Å². The Morgan fingerprint density at radius 1 is 0.696 bits per heavy atom. The van der Waals surface area contributed by atoms with Crippen LogP contribution < -0.4 is 24.8 Å². The van der Waals surface area contributed by atoms with E-state index in [1.165, 1.54) is 38.5 Å². The van der Waals surface area contributed by atoms with Gasteiger partial charge in [0.15, 0.2) is 0 Å². The number of amides is 2. The van der Waals surface area contributed by atoms with E-state index in [4.69, 9.17) is 0 Å². The zero-order valence-corrected chi connectivity index (χ0v) is 18.2. The van der Waals surface area contributed by atoms with Crippen LogP contribution in [0.25, 0.3) is 0 Å². The molecule has 4 nitrogen and oxygen atoms in total. The predicted molar refractivity (Wildman–Crippen MR) is 78.7 cm³/mol. The molecule has 2 aliphatic rings. The van der Waals surface area contributed by atoms with Crippen molar-refractivity contribution in [2.24, 2.45) is 11.8 Å². The van der Waals surface area contributed by atoms with Gasteiger partial charge in [0.1, 0.15) is 0 Å². The van der Waals surface area contributed by atoms with Gasteiger partial charge in [0.05, 0.1) is 0 Å². The number of carbonyl (C=O) groups is 2. The molecule has 132 valence electrons. The SMILES string of the molecule is C[N]([Zr+2][N](C)C(=O)C1CCCCC1)C(=O)C1CCCCC1.[Cl-].[Cl-]. The number of halogens is 2. The topological polar surface area (TPSA) is 40.6 Å². The molecule has 0 N–H and O–H groups in total. The summed E-state index contributed by atoms with van der Waals surface area (Å²) in [5.41, 5.74) is 0. The molecule has 2 aliphatic carbocycles. The molecule has 0 spiro atoms. The van der Waals surface area contributed by atoms with Crippen LogP contribution >= 0.6 is 0 Å². The van der Waals surface area contributed by atoms with Gasteiger partial charge < -0.3 is 24.8 Å².